The first-order chi connectivity index (χ1) is 7.27. The molecule has 84 valence electrons. The van der Waals surface area contributed by atoms with E-state index in [1.54, 1.807) is 0 Å². The van der Waals surface area contributed by atoms with Crippen LogP contribution in [-0.2, 0) is 6.42 Å². The highest BCUT2D eigenvalue weighted by atomic mass is 16.3. The van der Waals surface area contributed by atoms with Crippen LogP contribution in [0.3, 0.4) is 0 Å². The van der Waals surface area contributed by atoms with Crippen LogP contribution in [0.4, 0.5) is 0 Å². The first-order valence-corrected chi connectivity index (χ1v) is 6.04. The Labute approximate surface area is 93.1 Å². The Bertz CT molecular complexity index is 280. The Balaban J connectivity index is 2.64. The lowest BCUT2D eigenvalue weighted by atomic mass is 10.0. The molecule has 0 aliphatic heterocycles. The Morgan fingerprint density at radius 2 is 2.00 bits per heavy atom. The molecular formula is C14H22O. The SMILES string of the molecule is CCCCc1cccc(C(O)CCC)c1. The molecule has 1 rings (SSSR count). The molecule has 1 aromatic carbocycles. The number of aliphatic hydroxyl groups is 1. The molecule has 1 aromatic rings. The van der Waals surface area contributed by atoms with Gasteiger partial charge in [-0.25, -0.2) is 0 Å². The average molecular weight is 206 g/mol. The number of hydrogen-bond acceptors (Lipinski definition) is 1. The Morgan fingerprint density at radius 3 is 2.67 bits per heavy atom. The summed E-state index contributed by atoms with van der Waals surface area (Å²) in [6.07, 6.45) is 5.19. The first kappa shape index (κ1) is 12.3. The van der Waals surface area contributed by atoms with Gasteiger partial charge in [0.05, 0.1) is 6.10 Å². The molecule has 0 spiro atoms. The van der Waals surface area contributed by atoms with Crippen LogP contribution in [-0.4, -0.2) is 5.11 Å². The molecule has 1 nitrogen and oxygen atoms in total. The summed E-state index contributed by atoms with van der Waals surface area (Å²) in [5.41, 5.74) is 2.43. The zero-order valence-electron chi connectivity index (χ0n) is 9.87. The molecular weight excluding hydrogens is 184 g/mol. The molecule has 0 aliphatic rings. The fraction of sp³-hybridized carbons (Fsp3) is 0.571. The first-order valence-electron chi connectivity index (χ1n) is 6.04. The molecule has 0 aliphatic carbocycles. The lowest BCUT2D eigenvalue weighted by Gasteiger charge is -2.11. The number of aryl methyl sites for hydroxylation is 1. The van der Waals surface area contributed by atoms with Gasteiger partial charge in [0, 0.05) is 0 Å². The summed E-state index contributed by atoms with van der Waals surface area (Å²) in [4.78, 5) is 0. The maximum Gasteiger partial charge on any atom is 0.0790 e. The summed E-state index contributed by atoms with van der Waals surface area (Å²) in [5.74, 6) is 0. The van der Waals surface area contributed by atoms with Gasteiger partial charge in [-0.3, -0.25) is 0 Å². The van der Waals surface area contributed by atoms with Crippen LogP contribution in [0.5, 0.6) is 0 Å². The van der Waals surface area contributed by atoms with Crippen molar-refractivity contribution < 1.29 is 5.11 Å². The third-order valence-corrected chi connectivity index (χ3v) is 2.72. The van der Waals surface area contributed by atoms with Gasteiger partial charge in [-0.05, 0) is 30.4 Å². The fourth-order valence-corrected chi connectivity index (χ4v) is 1.78. The molecule has 1 unspecified atom stereocenters. The molecule has 0 saturated heterocycles. The lowest BCUT2D eigenvalue weighted by molar-refractivity contribution is 0.166. The topological polar surface area (TPSA) is 20.2 Å². The van der Waals surface area contributed by atoms with E-state index in [1.807, 2.05) is 6.07 Å². The van der Waals surface area contributed by atoms with Gasteiger partial charge in [0.15, 0.2) is 0 Å². The highest BCUT2D eigenvalue weighted by Gasteiger charge is 2.06. The van der Waals surface area contributed by atoms with Crippen molar-refractivity contribution in [2.24, 2.45) is 0 Å². The quantitative estimate of drug-likeness (QED) is 0.749. The van der Waals surface area contributed by atoms with Crippen LogP contribution in [0.2, 0.25) is 0 Å². The van der Waals surface area contributed by atoms with Crippen LogP contribution < -0.4 is 0 Å². The van der Waals surface area contributed by atoms with Crippen LogP contribution >= 0.6 is 0 Å². The summed E-state index contributed by atoms with van der Waals surface area (Å²) >= 11 is 0. The Hall–Kier alpha value is -0.820. The zero-order chi connectivity index (χ0) is 11.1. The van der Waals surface area contributed by atoms with E-state index in [1.165, 1.54) is 18.4 Å². The molecule has 0 saturated carbocycles. The molecule has 1 N–H and O–H groups in total. The molecule has 0 bridgehead atoms. The summed E-state index contributed by atoms with van der Waals surface area (Å²) in [6.45, 7) is 4.31. The zero-order valence-corrected chi connectivity index (χ0v) is 9.87. The fourth-order valence-electron chi connectivity index (χ4n) is 1.78. The van der Waals surface area contributed by atoms with Gasteiger partial charge in [-0.1, -0.05) is 51.0 Å². The van der Waals surface area contributed by atoms with E-state index in [4.69, 9.17) is 0 Å². The van der Waals surface area contributed by atoms with Crippen LogP contribution in [0.25, 0.3) is 0 Å². The largest absolute Gasteiger partial charge is 0.388 e. The Kier molecular flexibility index (Phi) is 5.41. The van der Waals surface area contributed by atoms with Crippen molar-refractivity contribution in [1.29, 1.82) is 0 Å². The second-order valence-corrected chi connectivity index (χ2v) is 4.15. The van der Waals surface area contributed by atoms with Crippen molar-refractivity contribution >= 4 is 0 Å². The third-order valence-electron chi connectivity index (χ3n) is 2.72. The minimum absolute atomic E-state index is 0.281. The van der Waals surface area contributed by atoms with Crippen LogP contribution in [0, 0.1) is 0 Å². The number of rotatable bonds is 6. The van der Waals surface area contributed by atoms with Crippen molar-refractivity contribution in [3.63, 3.8) is 0 Å². The van der Waals surface area contributed by atoms with E-state index < -0.39 is 0 Å². The van der Waals surface area contributed by atoms with Crippen molar-refractivity contribution in [1.82, 2.24) is 0 Å². The average Bonchev–Trinajstić information content (AvgIpc) is 2.27. The van der Waals surface area contributed by atoms with Gasteiger partial charge in [-0.2, -0.15) is 0 Å². The standard InChI is InChI=1S/C14H22O/c1-3-5-8-12-9-6-10-13(11-12)14(15)7-4-2/h6,9-11,14-15H,3-5,7-8H2,1-2H3. The maximum atomic E-state index is 9.87. The predicted octanol–water partition coefficient (Wildman–Crippen LogP) is 3.86. The van der Waals surface area contributed by atoms with E-state index in [-0.39, 0.29) is 6.10 Å². The maximum absolute atomic E-state index is 9.87. The molecule has 1 heteroatoms. The third kappa shape index (κ3) is 4.05. The van der Waals surface area contributed by atoms with E-state index in [9.17, 15) is 5.11 Å². The van der Waals surface area contributed by atoms with Crippen molar-refractivity contribution in [3.8, 4) is 0 Å². The minimum Gasteiger partial charge on any atom is -0.388 e. The lowest BCUT2D eigenvalue weighted by Crippen LogP contribution is -1.97. The summed E-state index contributed by atoms with van der Waals surface area (Å²) < 4.78 is 0. The van der Waals surface area contributed by atoms with Crippen molar-refractivity contribution in [2.75, 3.05) is 0 Å². The van der Waals surface area contributed by atoms with Crippen LogP contribution in [0.1, 0.15) is 56.8 Å². The predicted molar refractivity (Wildman–Crippen MR) is 64.9 cm³/mol. The van der Waals surface area contributed by atoms with Crippen molar-refractivity contribution in [3.05, 3.63) is 35.4 Å². The monoisotopic (exact) mass is 206 g/mol. The van der Waals surface area contributed by atoms with E-state index >= 15 is 0 Å². The van der Waals surface area contributed by atoms with Gasteiger partial charge in [0.25, 0.3) is 0 Å². The van der Waals surface area contributed by atoms with Gasteiger partial charge in [0.2, 0.25) is 0 Å². The van der Waals surface area contributed by atoms with Gasteiger partial charge < -0.3 is 5.11 Å². The second-order valence-electron chi connectivity index (χ2n) is 4.15. The highest BCUT2D eigenvalue weighted by molar-refractivity contribution is 5.25. The van der Waals surface area contributed by atoms with Gasteiger partial charge >= 0.3 is 0 Å². The Morgan fingerprint density at radius 1 is 1.20 bits per heavy atom. The summed E-state index contributed by atoms with van der Waals surface area (Å²) in [6, 6.07) is 8.38. The van der Waals surface area contributed by atoms with Crippen LogP contribution in [0.15, 0.2) is 24.3 Å². The molecule has 0 fully saturated rings. The second kappa shape index (κ2) is 6.62. The normalized spacial score (nSPS) is 12.7. The molecule has 0 aromatic heterocycles. The van der Waals surface area contributed by atoms with Gasteiger partial charge in [-0.15, -0.1) is 0 Å². The van der Waals surface area contributed by atoms with Gasteiger partial charge in [0.1, 0.15) is 0 Å². The van der Waals surface area contributed by atoms with E-state index in [2.05, 4.69) is 32.0 Å². The number of benzene rings is 1. The van der Waals surface area contributed by atoms with E-state index in [0.29, 0.717) is 0 Å². The molecule has 0 radical (unpaired) electrons. The minimum atomic E-state index is -0.281. The number of unbranched alkanes of at least 4 members (excludes halogenated alkanes) is 1. The number of hydrogen-bond donors (Lipinski definition) is 1. The molecule has 15 heavy (non-hydrogen) atoms. The smallest absolute Gasteiger partial charge is 0.0790 e. The van der Waals surface area contributed by atoms with E-state index in [0.717, 1.165) is 24.8 Å². The summed E-state index contributed by atoms with van der Waals surface area (Å²) in [5, 5.41) is 9.87. The highest BCUT2D eigenvalue weighted by Crippen LogP contribution is 2.19. The summed E-state index contributed by atoms with van der Waals surface area (Å²) in [7, 11) is 0. The molecule has 1 atom stereocenters. The number of aliphatic hydroxyl groups excluding tert-OH is 1. The van der Waals surface area contributed by atoms with Crippen molar-refractivity contribution in [2.45, 2.75) is 52.1 Å². The molecule has 0 heterocycles. The molecule has 0 amide bonds.